The minimum Gasteiger partial charge on any atom is -0.787 e. The number of Topliss-reactive ketones (excluding diaryl/α,β-unsaturated/α-hetero) is 2. The van der Waals surface area contributed by atoms with Crippen molar-refractivity contribution in [3.8, 4) is 0 Å². The summed E-state index contributed by atoms with van der Waals surface area (Å²) < 4.78 is 0. The Morgan fingerprint density at radius 3 is 1.80 bits per heavy atom. The molecule has 4 heteroatoms. The van der Waals surface area contributed by atoms with E-state index in [2.05, 4.69) is 12.6 Å². The second-order valence-electron chi connectivity index (χ2n) is 1.88. The van der Waals surface area contributed by atoms with E-state index in [1.54, 1.807) is 0 Å². The van der Waals surface area contributed by atoms with Crippen molar-refractivity contribution >= 4 is 24.2 Å². The van der Waals surface area contributed by atoms with E-state index in [1.807, 2.05) is 0 Å². The molecule has 1 fully saturated rings. The van der Waals surface area contributed by atoms with Crippen molar-refractivity contribution in [2.45, 2.75) is 12.8 Å². The third kappa shape index (κ3) is 1.76. The van der Waals surface area contributed by atoms with Crippen LogP contribution in [0.4, 0.5) is 0 Å². The predicted octanol–water partition coefficient (Wildman–Crippen LogP) is 0.347. The summed E-state index contributed by atoms with van der Waals surface area (Å²) >= 11 is 4.46. The zero-order chi connectivity index (χ0) is 6.85. The average Bonchev–Trinajstić information content (AvgIpc) is 2.12. The summed E-state index contributed by atoms with van der Waals surface area (Å²) in [6.07, 6.45) is 0.697. The number of hydrogen-bond acceptors (Lipinski definition) is 3. The van der Waals surface area contributed by atoms with E-state index in [-0.39, 0.29) is 39.5 Å². The Labute approximate surface area is 80.0 Å². The van der Waals surface area contributed by atoms with Gasteiger partial charge >= 0.3 is 22.4 Å². The molecule has 0 radical (unpaired) electrons. The van der Waals surface area contributed by atoms with Crippen LogP contribution in [0, 0.1) is 0 Å². The maximum Gasteiger partial charge on any atom is 1.00 e. The maximum absolute atomic E-state index is 10.7. The molecular weight excluding hydrogens is 333 g/mol. The van der Waals surface area contributed by atoms with Crippen LogP contribution < -0.4 is 0 Å². The second kappa shape index (κ2) is 4.03. The number of carbonyl (C=O) groups excluding carboxylic acids is 2. The molecule has 0 aromatic rings. The van der Waals surface area contributed by atoms with E-state index in [4.69, 9.17) is 0 Å². The van der Waals surface area contributed by atoms with Gasteiger partial charge in [0.2, 0.25) is 0 Å². The van der Waals surface area contributed by atoms with Gasteiger partial charge in [-0.3, -0.25) is 9.59 Å². The Bertz CT molecular complexity index is 180. The molecule has 58 valence electrons. The van der Waals surface area contributed by atoms with Crippen LogP contribution in [0.2, 0.25) is 0 Å². The molecule has 0 unspecified atom stereocenters. The fourth-order valence-corrected chi connectivity index (χ4v) is 1.05. The summed E-state index contributed by atoms with van der Waals surface area (Å²) in [5, 5.41) is 1.18. The number of hydrogen-bond donors (Lipinski definition) is 0. The van der Waals surface area contributed by atoms with Crippen molar-refractivity contribution in [1.82, 2.24) is 0 Å². The minimum atomic E-state index is -0.102. The van der Waals surface area contributed by atoms with Gasteiger partial charge in [-0.15, -0.1) is 0 Å². The molecule has 10 heavy (non-hydrogen) atoms. The van der Waals surface area contributed by atoms with E-state index in [9.17, 15) is 9.59 Å². The van der Waals surface area contributed by atoms with Crippen molar-refractivity contribution in [3.63, 3.8) is 0 Å². The number of carbonyl (C=O) groups is 2. The van der Waals surface area contributed by atoms with Gasteiger partial charge in [-0.05, 0) is 0 Å². The van der Waals surface area contributed by atoms with Gasteiger partial charge in [0.15, 0.2) is 11.6 Å². The predicted molar refractivity (Wildman–Crippen MR) is 34.7 cm³/mol. The van der Waals surface area contributed by atoms with Crippen molar-refractivity contribution in [3.05, 3.63) is 11.0 Å². The zero-order valence-corrected chi connectivity index (χ0v) is 8.00. The third-order valence-corrected chi connectivity index (χ3v) is 1.53. The normalized spacial score (nSPS) is 17.0. The first-order valence-corrected chi connectivity index (χ1v) is 3.11. The number of ketones is 2. The molecule has 0 N–H and O–H groups in total. The van der Waals surface area contributed by atoms with Gasteiger partial charge < -0.3 is 12.6 Å². The quantitative estimate of drug-likeness (QED) is 0.277. The second-order valence-corrected chi connectivity index (χ2v) is 2.11. The van der Waals surface area contributed by atoms with Crippen molar-refractivity contribution in [1.29, 1.82) is 0 Å². The first-order valence-electron chi connectivity index (χ1n) is 2.64. The van der Waals surface area contributed by atoms with Crippen molar-refractivity contribution in [2.24, 2.45) is 0 Å². The Morgan fingerprint density at radius 1 is 1.20 bits per heavy atom. The first kappa shape index (κ1) is 10.0. The third-order valence-electron chi connectivity index (χ3n) is 1.30. The van der Waals surface area contributed by atoms with Crippen LogP contribution in [0.1, 0.15) is 12.8 Å². The van der Waals surface area contributed by atoms with Crippen LogP contribution in [0.25, 0.3) is 0 Å². The average molecular weight is 338 g/mol. The molecule has 0 heterocycles. The van der Waals surface area contributed by atoms with Gasteiger partial charge in [0.25, 0.3) is 0 Å². The molecule has 1 saturated carbocycles. The summed E-state index contributed by atoms with van der Waals surface area (Å²) in [6, 6.07) is 0. The number of allylic oxidation sites excluding steroid dienone is 1. The molecular formula is C6H5AuO2S. The van der Waals surface area contributed by atoms with Crippen LogP contribution >= 0.6 is 0 Å². The largest absolute Gasteiger partial charge is 1.00 e. The molecule has 0 amide bonds. The van der Waals surface area contributed by atoms with E-state index >= 15 is 0 Å². The van der Waals surface area contributed by atoms with Crippen LogP contribution in [0.3, 0.4) is 0 Å². The maximum atomic E-state index is 10.7. The molecule has 0 atom stereocenters. The molecule has 2 nitrogen and oxygen atoms in total. The SMILES string of the molecule is O=C1CCC(=O)C1=C[S-].[Au+]. The Kier molecular flexibility index (Phi) is 4.05. The Balaban J connectivity index is 0.000000810. The summed E-state index contributed by atoms with van der Waals surface area (Å²) in [6.45, 7) is 0. The van der Waals surface area contributed by atoms with Crippen LogP contribution in [-0.4, -0.2) is 11.6 Å². The number of rotatable bonds is 0. The van der Waals surface area contributed by atoms with Gasteiger partial charge in [0.05, 0.1) is 0 Å². The molecule has 0 aliphatic heterocycles. The summed E-state index contributed by atoms with van der Waals surface area (Å²) in [5.41, 5.74) is 0.213. The topological polar surface area (TPSA) is 34.1 Å². The Morgan fingerprint density at radius 2 is 1.60 bits per heavy atom. The molecule has 1 aliphatic carbocycles. The molecule has 0 spiro atoms. The molecule has 0 bridgehead atoms. The van der Waals surface area contributed by atoms with E-state index in [0.717, 1.165) is 0 Å². The van der Waals surface area contributed by atoms with Crippen molar-refractivity contribution < 1.29 is 32.0 Å². The fourth-order valence-electron chi connectivity index (χ4n) is 0.783. The van der Waals surface area contributed by atoms with Crippen LogP contribution in [-0.2, 0) is 44.6 Å². The molecule has 1 aliphatic rings. The van der Waals surface area contributed by atoms with E-state index < -0.39 is 0 Å². The summed E-state index contributed by atoms with van der Waals surface area (Å²) in [5.74, 6) is -0.204. The summed E-state index contributed by atoms with van der Waals surface area (Å²) in [7, 11) is 0. The van der Waals surface area contributed by atoms with Gasteiger partial charge in [0.1, 0.15) is 0 Å². The van der Waals surface area contributed by atoms with E-state index in [1.165, 1.54) is 5.41 Å². The summed E-state index contributed by atoms with van der Waals surface area (Å²) in [4.78, 5) is 21.3. The van der Waals surface area contributed by atoms with Gasteiger partial charge in [-0.1, -0.05) is 0 Å². The van der Waals surface area contributed by atoms with Gasteiger partial charge in [-0.25, -0.2) is 0 Å². The Hall–Kier alpha value is 0.0403. The molecule has 0 aromatic heterocycles. The van der Waals surface area contributed by atoms with Gasteiger partial charge in [0, 0.05) is 18.4 Å². The first-order chi connectivity index (χ1) is 4.25. The van der Waals surface area contributed by atoms with E-state index in [0.29, 0.717) is 12.8 Å². The van der Waals surface area contributed by atoms with Crippen LogP contribution in [0.5, 0.6) is 0 Å². The molecule has 0 aromatic carbocycles. The zero-order valence-electron chi connectivity index (χ0n) is 5.02. The minimum absolute atomic E-state index is 0. The molecule has 1 rings (SSSR count). The fraction of sp³-hybridized carbons (Fsp3) is 0.333. The van der Waals surface area contributed by atoms with Crippen LogP contribution in [0.15, 0.2) is 11.0 Å². The van der Waals surface area contributed by atoms with Gasteiger partial charge in [-0.2, -0.15) is 5.41 Å². The molecule has 0 saturated heterocycles. The standard InChI is InChI=1S/C6H6O2S.Au/c7-5-1-2-6(8)4(5)3-9;/h3,9H,1-2H2;/q;+1/p-1. The van der Waals surface area contributed by atoms with Crippen molar-refractivity contribution in [2.75, 3.05) is 0 Å². The monoisotopic (exact) mass is 338 g/mol. The smallest absolute Gasteiger partial charge is 0.787 e.